The smallest absolute Gasteiger partial charge is 0.436 e. The maximum Gasteiger partial charge on any atom is 0.436 e. The predicted molar refractivity (Wildman–Crippen MR) is 83.5 cm³/mol. The van der Waals surface area contributed by atoms with Crippen LogP contribution in [-0.2, 0) is 12.7 Å². The molecule has 2 aromatic rings. The topological polar surface area (TPSA) is 71.2 Å². The van der Waals surface area contributed by atoms with E-state index >= 15 is 0 Å². The van der Waals surface area contributed by atoms with Crippen LogP contribution in [0.4, 0.5) is 19.0 Å². The molecule has 9 heteroatoms. The fourth-order valence-corrected chi connectivity index (χ4v) is 2.93. The van der Waals surface area contributed by atoms with Crippen LogP contribution in [0.2, 0.25) is 0 Å². The normalized spacial score (nSPS) is 17.9. The van der Waals surface area contributed by atoms with Crippen molar-refractivity contribution in [3.05, 3.63) is 41.3 Å². The Hall–Kier alpha value is -2.58. The van der Waals surface area contributed by atoms with Gasteiger partial charge in [0.25, 0.3) is 0 Å². The number of carboxylic acids is 1. The van der Waals surface area contributed by atoms with E-state index in [2.05, 4.69) is 21.9 Å². The number of hydrogen-bond donors (Lipinski definition) is 1. The molecule has 1 unspecified atom stereocenters. The molecule has 1 saturated heterocycles. The summed E-state index contributed by atoms with van der Waals surface area (Å²) < 4.78 is 39.7. The molecule has 0 bridgehead atoms. The number of nitrogens with zero attached hydrogens (tertiary/aromatic N) is 4. The molecule has 3 heterocycles. The summed E-state index contributed by atoms with van der Waals surface area (Å²) in [6.45, 7) is 3.97. The Kier molecular flexibility index (Phi) is 4.40. The molecule has 0 amide bonds. The average molecular weight is 354 g/mol. The summed E-state index contributed by atoms with van der Waals surface area (Å²) in [7, 11) is 0. The Morgan fingerprint density at radius 2 is 2.20 bits per heavy atom. The average Bonchev–Trinajstić information content (AvgIpc) is 3.14. The highest BCUT2D eigenvalue weighted by Crippen LogP contribution is 2.31. The van der Waals surface area contributed by atoms with Gasteiger partial charge in [-0.3, -0.25) is 4.68 Å². The number of halogens is 3. The highest BCUT2D eigenvalue weighted by molar-refractivity contribution is 5.88. The van der Waals surface area contributed by atoms with Crippen molar-refractivity contribution in [1.82, 2.24) is 14.8 Å². The van der Waals surface area contributed by atoms with Crippen LogP contribution in [0, 0.1) is 5.92 Å². The molecule has 1 atom stereocenters. The molecule has 0 spiro atoms. The van der Waals surface area contributed by atoms with E-state index < -0.39 is 23.4 Å². The van der Waals surface area contributed by atoms with Gasteiger partial charge in [-0.15, -0.1) is 0 Å². The first-order valence-corrected chi connectivity index (χ1v) is 7.82. The van der Waals surface area contributed by atoms with E-state index in [1.165, 1.54) is 0 Å². The fourth-order valence-electron chi connectivity index (χ4n) is 2.93. The van der Waals surface area contributed by atoms with Crippen LogP contribution in [0.15, 0.2) is 24.5 Å². The zero-order valence-electron chi connectivity index (χ0n) is 13.5. The number of alkyl halides is 3. The van der Waals surface area contributed by atoms with Crippen molar-refractivity contribution in [2.45, 2.75) is 26.1 Å². The van der Waals surface area contributed by atoms with Crippen LogP contribution in [0.3, 0.4) is 0 Å². The second-order valence-corrected chi connectivity index (χ2v) is 6.25. The summed E-state index contributed by atoms with van der Waals surface area (Å²) in [5.74, 6) is -0.312. The lowest BCUT2D eigenvalue weighted by Crippen LogP contribution is -2.20. The second kappa shape index (κ2) is 6.38. The number of hydrogen-bond acceptors (Lipinski definition) is 4. The quantitative estimate of drug-likeness (QED) is 0.914. The molecule has 0 saturated carbocycles. The highest BCUT2D eigenvalue weighted by atomic mass is 19.4. The summed E-state index contributed by atoms with van der Waals surface area (Å²) in [5.41, 5.74) is -1.53. The SMILES string of the molecule is CC1CCN(c2cc(Cn3cc(C(=O)O)c(C(F)(F)F)n3)ccn2)C1. The maximum absolute atomic E-state index is 12.9. The molecule has 134 valence electrons. The first kappa shape index (κ1) is 17.2. The summed E-state index contributed by atoms with van der Waals surface area (Å²) in [6.07, 6.45) is -1.24. The molecule has 1 aliphatic heterocycles. The molecule has 0 radical (unpaired) electrons. The van der Waals surface area contributed by atoms with Crippen molar-refractivity contribution in [1.29, 1.82) is 0 Å². The van der Waals surface area contributed by atoms with Gasteiger partial charge >= 0.3 is 12.1 Å². The van der Waals surface area contributed by atoms with Crippen LogP contribution in [0.1, 0.15) is 35.0 Å². The zero-order valence-corrected chi connectivity index (χ0v) is 13.5. The highest BCUT2D eigenvalue weighted by Gasteiger charge is 2.39. The Balaban J connectivity index is 1.84. The molecule has 2 aromatic heterocycles. The number of anilines is 1. The Morgan fingerprint density at radius 3 is 2.76 bits per heavy atom. The van der Waals surface area contributed by atoms with Gasteiger partial charge in [0.2, 0.25) is 0 Å². The van der Waals surface area contributed by atoms with Crippen LogP contribution in [0.5, 0.6) is 0 Å². The maximum atomic E-state index is 12.9. The minimum atomic E-state index is -4.81. The van der Waals surface area contributed by atoms with Gasteiger partial charge in [-0.2, -0.15) is 18.3 Å². The van der Waals surface area contributed by atoms with Crippen LogP contribution in [-0.4, -0.2) is 38.9 Å². The molecular weight excluding hydrogens is 337 g/mol. The van der Waals surface area contributed by atoms with Gasteiger partial charge in [0.05, 0.1) is 6.54 Å². The van der Waals surface area contributed by atoms with E-state index in [-0.39, 0.29) is 6.54 Å². The van der Waals surface area contributed by atoms with Crippen molar-refractivity contribution in [2.24, 2.45) is 5.92 Å². The third kappa shape index (κ3) is 3.75. The van der Waals surface area contributed by atoms with Crippen LogP contribution in [0.25, 0.3) is 0 Å². The van der Waals surface area contributed by atoms with Gasteiger partial charge in [0.1, 0.15) is 11.4 Å². The summed E-state index contributed by atoms with van der Waals surface area (Å²) in [4.78, 5) is 17.5. The molecule has 25 heavy (non-hydrogen) atoms. The predicted octanol–water partition coefficient (Wildman–Crippen LogP) is 2.89. The summed E-state index contributed by atoms with van der Waals surface area (Å²) in [6, 6.07) is 3.48. The van der Waals surface area contributed by atoms with Crippen molar-refractivity contribution in [3.63, 3.8) is 0 Å². The molecule has 0 aromatic carbocycles. The first-order chi connectivity index (χ1) is 11.7. The molecule has 1 N–H and O–H groups in total. The molecule has 3 rings (SSSR count). The van der Waals surface area contributed by atoms with E-state index in [1.807, 2.05) is 0 Å². The van der Waals surface area contributed by atoms with Gasteiger partial charge in [-0.25, -0.2) is 9.78 Å². The lowest BCUT2D eigenvalue weighted by Gasteiger charge is -2.17. The van der Waals surface area contributed by atoms with Crippen molar-refractivity contribution in [3.8, 4) is 0 Å². The van der Waals surface area contributed by atoms with E-state index in [0.29, 0.717) is 11.5 Å². The number of pyridine rings is 1. The fraction of sp³-hybridized carbons (Fsp3) is 0.438. The molecule has 1 fully saturated rings. The lowest BCUT2D eigenvalue weighted by atomic mass is 10.2. The number of aromatic nitrogens is 3. The first-order valence-electron chi connectivity index (χ1n) is 7.82. The zero-order chi connectivity index (χ0) is 18.2. The third-order valence-corrected chi connectivity index (χ3v) is 4.16. The summed E-state index contributed by atoms with van der Waals surface area (Å²) >= 11 is 0. The van der Waals surface area contributed by atoms with Gasteiger partial charge in [-0.1, -0.05) is 6.92 Å². The largest absolute Gasteiger partial charge is 0.478 e. The van der Waals surface area contributed by atoms with Gasteiger partial charge in [0, 0.05) is 25.5 Å². The van der Waals surface area contributed by atoms with Crippen molar-refractivity contribution < 1.29 is 23.1 Å². The Bertz CT molecular complexity index is 788. The third-order valence-electron chi connectivity index (χ3n) is 4.16. The van der Waals surface area contributed by atoms with Crippen molar-refractivity contribution >= 4 is 11.8 Å². The van der Waals surface area contributed by atoms with Gasteiger partial charge in [-0.05, 0) is 30.0 Å². The van der Waals surface area contributed by atoms with Gasteiger partial charge in [0.15, 0.2) is 5.69 Å². The standard InChI is InChI=1S/C16H17F3N4O2/c1-10-3-5-22(7-10)13-6-11(2-4-20-13)8-23-9-12(15(24)25)14(21-23)16(17,18)19/h2,4,6,9-10H,3,5,7-8H2,1H3,(H,24,25). The number of carboxylic acid groups (broad SMARTS) is 1. The minimum Gasteiger partial charge on any atom is -0.478 e. The Morgan fingerprint density at radius 1 is 1.44 bits per heavy atom. The Labute approximate surface area is 141 Å². The number of rotatable bonds is 4. The lowest BCUT2D eigenvalue weighted by molar-refractivity contribution is -0.142. The van der Waals surface area contributed by atoms with Crippen LogP contribution >= 0.6 is 0 Å². The van der Waals surface area contributed by atoms with E-state index in [0.717, 1.165) is 36.2 Å². The molecule has 6 nitrogen and oxygen atoms in total. The van der Waals surface area contributed by atoms with Crippen molar-refractivity contribution in [2.75, 3.05) is 18.0 Å². The van der Waals surface area contributed by atoms with Gasteiger partial charge < -0.3 is 10.0 Å². The van der Waals surface area contributed by atoms with E-state index in [4.69, 9.17) is 5.11 Å². The summed E-state index contributed by atoms with van der Waals surface area (Å²) in [5, 5.41) is 12.4. The molecule has 0 aliphatic carbocycles. The monoisotopic (exact) mass is 354 g/mol. The van der Waals surface area contributed by atoms with Crippen LogP contribution < -0.4 is 4.90 Å². The van der Waals surface area contributed by atoms with E-state index in [1.54, 1.807) is 18.3 Å². The van der Waals surface area contributed by atoms with E-state index in [9.17, 15) is 18.0 Å². The second-order valence-electron chi connectivity index (χ2n) is 6.25. The number of aromatic carboxylic acids is 1. The minimum absolute atomic E-state index is 0.0370. The molecule has 1 aliphatic rings. The molecular formula is C16H17F3N4O2. The number of carbonyl (C=O) groups is 1.